The predicted molar refractivity (Wildman–Crippen MR) is 141 cm³/mol. The number of carbonyl (C=O) groups is 1. The van der Waals surface area contributed by atoms with Crippen LogP contribution in [0.1, 0.15) is 67.9 Å². The van der Waals surface area contributed by atoms with Crippen LogP contribution < -0.4 is 15.4 Å². The third-order valence-corrected chi connectivity index (χ3v) is 6.82. The molecule has 0 bridgehead atoms. The van der Waals surface area contributed by atoms with Crippen molar-refractivity contribution in [3.63, 3.8) is 0 Å². The van der Waals surface area contributed by atoms with Gasteiger partial charge in [0.15, 0.2) is 5.69 Å². The summed E-state index contributed by atoms with van der Waals surface area (Å²) >= 11 is 12.6. The molecule has 0 atom stereocenters. The molecular weight excluding hydrogens is 483 g/mol. The van der Waals surface area contributed by atoms with E-state index in [1.54, 1.807) is 35.0 Å². The Labute approximate surface area is 217 Å². The van der Waals surface area contributed by atoms with E-state index in [4.69, 9.17) is 33.0 Å². The summed E-state index contributed by atoms with van der Waals surface area (Å²) in [5.74, 6) is 0.842. The number of nitrogens with one attached hydrogen (secondary N) is 2. The molecule has 3 aromatic rings. The van der Waals surface area contributed by atoms with Crippen molar-refractivity contribution >= 4 is 29.1 Å². The molecule has 1 fully saturated rings. The molecule has 186 valence electrons. The summed E-state index contributed by atoms with van der Waals surface area (Å²) in [5.41, 5.74) is 1.69. The van der Waals surface area contributed by atoms with Crippen LogP contribution in [0.4, 0.5) is 0 Å². The number of benzene rings is 2. The van der Waals surface area contributed by atoms with Crippen molar-refractivity contribution in [2.24, 2.45) is 0 Å². The zero-order chi connectivity index (χ0) is 24.6. The topological polar surface area (TPSA) is 68.2 Å². The molecule has 0 radical (unpaired) electrons. The van der Waals surface area contributed by atoms with E-state index in [-0.39, 0.29) is 5.91 Å². The first kappa shape index (κ1) is 25.5. The summed E-state index contributed by atoms with van der Waals surface area (Å²) in [6.07, 6.45) is 7.87. The molecular formula is C27H32Cl2N4O2. The second-order valence-electron chi connectivity index (χ2n) is 8.88. The van der Waals surface area contributed by atoms with Crippen LogP contribution in [0, 0.1) is 0 Å². The summed E-state index contributed by atoms with van der Waals surface area (Å²) in [6.45, 7) is 3.15. The molecule has 0 saturated heterocycles. The average molecular weight is 515 g/mol. The van der Waals surface area contributed by atoms with Gasteiger partial charge >= 0.3 is 0 Å². The van der Waals surface area contributed by atoms with Crippen molar-refractivity contribution in [3.05, 3.63) is 69.8 Å². The fourth-order valence-electron chi connectivity index (χ4n) is 4.30. The molecule has 1 heterocycles. The Balaban J connectivity index is 1.76. The number of rotatable bonds is 10. The van der Waals surface area contributed by atoms with Gasteiger partial charge in [0.2, 0.25) is 5.88 Å². The highest BCUT2D eigenvalue weighted by Crippen LogP contribution is 2.34. The van der Waals surface area contributed by atoms with Gasteiger partial charge < -0.3 is 15.4 Å². The number of carbonyl (C=O) groups excluding carboxylic acids is 1. The molecule has 2 aromatic carbocycles. The number of amides is 1. The molecule has 1 saturated carbocycles. The summed E-state index contributed by atoms with van der Waals surface area (Å²) < 4.78 is 7.99. The third-order valence-electron chi connectivity index (χ3n) is 6.25. The van der Waals surface area contributed by atoms with Gasteiger partial charge in [0.1, 0.15) is 5.75 Å². The van der Waals surface area contributed by atoms with Gasteiger partial charge in [0.05, 0.1) is 16.3 Å². The Morgan fingerprint density at radius 2 is 1.83 bits per heavy atom. The lowest BCUT2D eigenvalue weighted by Crippen LogP contribution is -2.32. The van der Waals surface area contributed by atoms with Crippen LogP contribution in [0.25, 0.3) is 5.69 Å². The monoisotopic (exact) mass is 514 g/mol. The van der Waals surface area contributed by atoms with Gasteiger partial charge in [0.25, 0.3) is 5.91 Å². The second-order valence-corrected chi connectivity index (χ2v) is 9.72. The van der Waals surface area contributed by atoms with Crippen molar-refractivity contribution in [2.75, 3.05) is 6.54 Å². The Morgan fingerprint density at radius 3 is 2.54 bits per heavy atom. The van der Waals surface area contributed by atoms with Gasteiger partial charge in [-0.05, 0) is 55.7 Å². The van der Waals surface area contributed by atoms with Crippen LogP contribution in [0.5, 0.6) is 11.6 Å². The van der Waals surface area contributed by atoms with E-state index in [2.05, 4.69) is 17.6 Å². The normalized spacial score (nSPS) is 14.1. The van der Waals surface area contributed by atoms with Crippen LogP contribution in [0.15, 0.2) is 48.5 Å². The molecule has 0 aliphatic heterocycles. The number of halogens is 2. The minimum atomic E-state index is -0.217. The van der Waals surface area contributed by atoms with Crippen LogP contribution >= 0.6 is 23.2 Å². The van der Waals surface area contributed by atoms with Gasteiger partial charge in [-0.25, -0.2) is 0 Å². The van der Waals surface area contributed by atoms with Crippen molar-refractivity contribution < 1.29 is 9.53 Å². The molecule has 1 aliphatic rings. The highest BCUT2D eigenvalue weighted by molar-refractivity contribution is 6.32. The maximum absolute atomic E-state index is 13.2. The first-order valence-corrected chi connectivity index (χ1v) is 13.1. The van der Waals surface area contributed by atoms with Gasteiger partial charge in [-0.15, -0.1) is 0 Å². The number of hydrogen-bond donors (Lipinski definition) is 2. The highest BCUT2D eigenvalue weighted by atomic mass is 35.5. The van der Waals surface area contributed by atoms with Crippen LogP contribution in [-0.2, 0) is 6.54 Å². The molecule has 1 aliphatic carbocycles. The minimum Gasteiger partial charge on any atom is -0.439 e. The van der Waals surface area contributed by atoms with Crippen molar-refractivity contribution in [2.45, 2.75) is 64.5 Å². The van der Waals surface area contributed by atoms with Crippen LogP contribution in [-0.4, -0.2) is 28.3 Å². The molecule has 0 spiro atoms. The smallest absolute Gasteiger partial charge is 0.272 e. The minimum absolute atomic E-state index is 0.217. The maximum Gasteiger partial charge on any atom is 0.272 e. The Kier molecular flexibility index (Phi) is 9.07. The molecule has 1 aromatic heterocycles. The van der Waals surface area contributed by atoms with E-state index >= 15 is 0 Å². The third kappa shape index (κ3) is 6.57. The molecule has 8 heteroatoms. The molecule has 35 heavy (non-hydrogen) atoms. The molecule has 1 amide bonds. The van der Waals surface area contributed by atoms with Crippen LogP contribution in [0.2, 0.25) is 10.0 Å². The standard InChI is InChI=1S/C27H32Cl2N4O2/c1-2-3-17-30-26(34)25-22(18-31-20-9-5-4-6-10-20)27(35-21-15-13-19(28)14-16-21)33(32-25)24-12-8-7-11-23(24)29/h7-8,11-16,20,31H,2-6,9-10,17-18H2,1H3,(H,30,34). The van der Waals surface area contributed by atoms with Crippen molar-refractivity contribution in [1.29, 1.82) is 0 Å². The number of para-hydroxylation sites is 1. The van der Waals surface area contributed by atoms with Crippen LogP contribution in [0.3, 0.4) is 0 Å². The van der Waals surface area contributed by atoms with Crippen molar-refractivity contribution in [1.82, 2.24) is 20.4 Å². The van der Waals surface area contributed by atoms with Crippen molar-refractivity contribution in [3.8, 4) is 17.3 Å². The number of aromatic nitrogens is 2. The number of unbranched alkanes of at least 4 members (excludes halogenated alkanes) is 1. The molecule has 6 nitrogen and oxygen atoms in total. The molecule has 0 unspecified atom stereocenters. The number of ether oxygens (including phenoxy) is 1. The van der Waals surface area contributed by atoms with Gasteiger partial charge in [-0.3, -0.25) is 4.79 Å². The Morgan fingerprint density at radius 1 is 1.09 bits per heavy atom. The molecule has 2 N–H and O–H groups in total. The SMILES string of the molecule is CCCCNC(=O)c1nn(-c2ccccc2Cl)c(Oc2ccc(Cl)cc2)c1CNC1CCCCC1. The first-order chi connectivity index (χ1) is 17.1. The van der Waals surface area contributed by atoms with E-state index in [1.165, 1.54) is 19.3 Å². The highest BCUT2D eigenvalue weighted by Gasteiger charge is 2.27. The fraction of sp³-hybridized carbons (Fsp3) is 0.407. The lowest BCUT2D eigenvalue weighted by molar-refractivity contribution is 0.0946. The van der Waals surface area contributed by atoms with E-state index in [0.29, 0.717) is 57.8 Å². The maximum atomic E-state index is 13.2. The molecule has 4 rings (SSSR count). The summed E-state index contributed by atoms with van der Waals surface area (Å²) in [5, 5.41) is 12.5. The zero-order valence-corrected chi connectivity index (χ0v) is 21.5. The predicted octanol–water partition coefficient (Wildman–Crippen LogP) is 6.92. The van der Waals surface area contributed by atoms with E-state index < -0.39 is 0 Å². The van der Waals surface area contributed by atoms with E-state index in [1.807, 2.05) is 18.2 Å². The summed E-state index contributed by atoms with van der Waals surface area (Å²) in [4.78, 5) is 13.2. The summed E-state index contributed by atoms with van der Waals surface area (Å²) in [7, 11) is 0. The van der Waals surface area contributed by atoms with Gasteiger partial charge in [0, 0.05) is 24.2 Å². The Hall–Kier alpha value is -2.54. The lowest BCUT2D eigenvalue weighted by Gasteiger charge is -2.23. The van der Waals surface area contributed by atoms with Gasteiger partial charge in [-0.1, -0.05) is 67.9 Å². The van der Waals surface area contributed by atoms with Gasteiger partial charge in [-0.2, -0.15) is 9.78 Å². The quantitative estimate of drug-likeness (QED) is 0.288. The Bertz CT molecular complexity index is 1120. The zero-order valence-electron chi connectivity index (χ0n) is 20.0. The van der Waals surface area contributed by atoms with E-state index in [9.17, 15) is 4.79 Å². The lowest BCUT2D eigenvalue weighted by atomic mass is 9.95. The largest absolute Gasteiger partial charge is 0.439 e. The fourth-order valence-corrected chi connectivity index (χ4v) is 4.64. The number of nitrogens with zero attached hydrogens (tertiary/aromatic N) is 2. The van der Waals surface area contributed by atoms with E-state index in [0.717, 1.165) is 25.7 Å². The first-order valence-electron chi connectivity index (χ1n) is 12.4. The summed E-state index contributed by atoms with van der Waals surface area (Å²) in [6, 6.07) is 14.9. The number of hydrogen-bond acceptors (Lipinski definition) is 4. The average Bonchev–Trinajstić information content (AvgIpc) is 3.23. The second kappa shape index (κ2) is 12.4.